The van der Waals surface area contributed by atoms with Gasteiger partial charge in [-0.2, -0.15) is 0 Å². The van der Waals surface area contributed by atoms with Gasteiger partial charge in [0.1, 0.15) is 5.65 Å². The van der Waals surface area contributed by atoms with Gasteiger partial charge < -0.3 is 4.57 Å². The summed E-state index contributed by atoms with van der Waals surface area (Å²) in [5.74, 6) is 0. The molecule has 0 saturated carbocycles. The number of hydrogen-bond donors (Lipinski definition) is 0. The summed E-state index contributed by atoms with van der Waals surface area (Å²) < 4.78 is 18.5. The van der Waals surface area contributed by atoms with Crippen LogP contribution in [0.4, 0.5) is 0 Å². The highest BCUT2D eigenvalue weighted by Crippen LogP contribution is 2.45. The number of hydrogen-bond acceptors (Lipinski definition) is 2. The largest absolute Gasteiger partial charge is 0.309 e. The van der Waals surface area contributed by atoms with Gasteiger partial charge in [-0.25, -0.2) is 4.98 Å². The van der Waals surface area contributed by atoms with Gasteiger partial charge in [0.2, 0.25) is 0 Å². The first kappa shape index (κ1) is 26.5. The monoisotopic (exact) mass is 618 g/mol. The van der Waals surface area contributed by atoms with Crippen molar-refractivity contribution >= 4 is 93.7 Å². The maximum Gasteiger partial charge on any atom is 0.171 e. The lowest BCUT2D eigenvalue weighted by molar-refractivity contribution is 0.592. The summed E-state index contributed by atoms with van der Waals surface area (Å²) in [6.07, 6.45) is 0. The van der Waals surface area contributed by atoms with E-state index in [2.05, 4.69) is 150 Å². The number of nitrogens with zero attached hydrogens (tertiary/aromatic N) is 2. The Balaban J connectivity index is 1.32. The Morgan fingerprint density at radius 1 is 0.404 bits per heavy atom. The van der Waals surface area contributed by atoms with Crippen LogP contribution < -0.4 is 15.9 Å². The van der Waals surface area contributed by atoms with Crippen molar-refractivity contribution in [2.75, 3.05) is 0 Å². The van der Waals surface area contributed by atoms with Crippen LogP contribution in [0.2, 0.25) is 0 Å². The van der Waals surface area contributed by atoms with Crippen LogP contribution in [0.5, 0.6) is 0 Å². The first-order valence-electron chi connectivity index (χ1n) is 15.9. The molecule has 2 aromatic heterocycles. The van der Waals surface area contributed by atoms with Gasteiger partial charge >= 0.3 is 0 Å². The van der Waals surface area contributed by atoms with Gasteiger partial charge in [0, 0.05) is 26.7 Å². The highest BCUT2D eigenvalue weighted by atomic mass is 31.2. The van der Waals surface area contributed by atoms with Crippen LogP contribution in [-0.2, 0) is 4.57 Å². The summed E-state index contributed by atoms with van der Waals surface area (Å²) in [5.41, 5.74) is 3.98. The second kappa shape index (κ2) is 9.87. The van der Waals surface area contributed by atoms with Crippen molar-refractivity contribution in [1.82, 2.24) is 9.38 Å². The number of rotatable bonds is 3. The Bertz CT molecular complexity index is 2960. The maximum absolute atomic E-state index is 16.2. The molecule has 0 bridgehead atoms. The normalized spacial score (nSPS) is 13.4. The van der Waals surface area contributed by atoms with E-state index in [0.29, 0.717) is 0 Å². The molecule has 10 aromatic rings. The Kier molecular flexibility index (Phi) is 5.55. The molecule has 2 heterocycles. The molecule has 0 aliphatic carbocycles. The fourth-order valence-electron chi connectivity index (χ4n) is 7.50. The summed E-state index contributed by atoms with van der Waals surface area (Å²) in [6.45, 7) is 0. The second-order valence-corrected chi connectivity index (χ2v) is 15.1. The fourth-order valence-corrected chi connectivity index (χ4v) is 10.2. The predicted molar refractivity (Wildman–Crippen MR) is 200 cm³/mol. The third-order valence-electron chi connectivity index (χ3n) is 9.79. The van der Waals surface area contributed by atoms with E-state index in [1.54, 1.807) is 0 Å². The lowest BCUT2D eigenvalue weighted by atomic mass is 10.0. The van der Waals surface area contributed by atoms with Crippen LogP contribution in [0.1, 0.15) is 0 Å². The van der Waals surface area contributed by atoms with Gasteiger partial charge in [-0.1, -0.05) is 127 Å². The molecule has 0 aliphatic rings. The second-order valence-electron chi connectivity index (χ2n) is 12.3. The summed E-state index contributed by atoms with van der Waals surface area (Å²) in [7, 11) is -3.38. The van der Waals surface area contributed by atoms with Crippen molar-refractivity contribution in [2.45, 2.75) is 0 Å². The summed E-state index contributed by atoms with van der Waals surface area (Å²) in [6, 6.07) is 56.8. The lowest BCUT2D eigenvalue weighted by Gasteiger charge is -2.22. The first-order chi connectivity index (χ1) is 23.2. The Hall–Kier alpha value is -5.76. The smallest absolute Gasteiger partial charge is 0.171 e. The highest BCUT2D eigenvalue weighted by Gasteiger charge is 2.31. The van der Waals surface area contributed by atoms with Crippen LogP contribution >= 0.6 is 7.14 Å². The Morgan fingerprint density at radius 2 is 0.957 bits per heavy atom. The molecule has 0 spiro atoms. The molecule has 1 atom stereocenters. The molecule has 1 unspecified atom stereocenters. The molecule has 0 radical (unpaired) electrons. The minimum Gasteiger partial charge on any atom is -0.309 e. The summed E-state index contributed by atoms with van der Waals surface area (Å²) in [4.78, 5) is 5.15. The molecule has 47 heavy (non-hydrogen) atoms. The number of benzene rings is 8. The van der Waals surface area contributed by atoms with E-state index in [0.717, 1.165) is 81.2 Å². The molecule has 0 saturated heterocycles. The van der Waals surface area contributed by atoms with Crippen LogP contribution in [0.15, 0.2) is 164 Å². The van der Waals surface area contributed by atoms with Crippen LogP contribution in [0.25, 0.3) is 70.7 Å². The average molecular weight is 619 g/mol. The van der Waals surface area contributed by atoms with Crippen molar-refractivity contribution in [2.24, 2.45) is 0 Å². The van der Waals surface area contributed by atoms with Crippen molar-refractivity contribution < 1.29 is 4.57 Å². The summed E-state index contributed by atoms with van der Waals surface area (Å²) >= 11 is 0. The summed E-state index contributed by atoms with van der Waals surface area (Å²) in [5, 5.41) is 12.4. The highest BCUT2D eigenvalue weighted by molar-refractivity contribution is 7.85. The molecule has 0 aliphatic heterocycles. The quantitative estimate of drug-likeness (QED) is 0.146. The van der Waals surface area contributed by atoms with Gasteiger partial charge in [-0.15, -0.1) is 0 Å². The van der Waals surface area contributed by atoms with E-state index in [1.807, 2.05) is 18.2 Å². The van der Waals surface area contributed by atoms with E-state index >= 15 is 4.57 Å². The van der Waals surface area contributed by atoms with Crippen LogP contribution in [0.3, 0.4) is 0 Å². The van der Waals surface area contributed by atoms with Crippen molar-refractivity contribution in [3.8, 4) is 0 Å². The SMILES string of the molecule is O=P(c1ccc2ccccc2c1)(c1ccc2ccc3ccccc3c2c1)c1ccc2c3ccccc3n3c4ccccc4nc3c2c1. The van der Waals surface area contributed by atoms with Crippen molar-refractivity contribution in [1.29, 1.82) is 0 Å². The number of aromatic nitrogens is 2. The van der Waals surface area contributed by atoms with Gasteiger partial charge in [-0.3, -0.25) is 4.40 Å². The average Bonchev–Trinajstić information content (AvgIpc) is 3.54. The number of pyridine rings is 1. The molecular weight excluding hydrogens is 591 g/mol. The van der Waals surface area contributed by atoms with Gasteiger partial charge in [-0.05, 0) is 74.1 Å². The molecule has 3 nitrogen and oxygen atoms in total. The molecule has 8 aromatic carbocycles. The molecule has 10 rings (SSSR count). The third-order valence-corrected chi connectivity index (χ3v) is 12.8. The van der Waals surface area contributed by atoms with Crippen molar-refractivity contribution in [3.63, 3.8) is 0 Å². The number of fused-ring (bicyclic) bond motifs is 12. The minimum absolute atomic E-state index is 0.795. The zero-order valence-electron chi connectivity index (χ0n) is 25.3. The fraction of sp³-hybridized carbons (Fsp3) is 0. The number of para-hydroxylation sites is 3. The molecule has 220 valence electrons. The molecule has 4 heteroatoms. The van der Waals surface area contributed by atoms with Gasteiger partial charge in [0.25, 0.3) is 0 Å². The standard InChI is InChI=1S/C43H27N2OP/c46-47(32-21-19-28-9-1-2-11-31(28)25-32,33-22-20-30-18-17-29-10-3-4-12-35(29)38(30)26-33)34-23-24-36-37-13-5-7-15-41(37)45-42-16-8-6-14-40(42)44-43(45)39(36)27-34/h1-27H. The lowest BCUT2D eigenvalue weighted by Crippen LogP contribution is -2.25. The Labute approximate surface area is 270 Å². The minimum atomic E-state index is -3.38. The van der Waals surface area contributed by atoms with E-state index in [9.17, 15) is 0 Å². The zero-order valence-corrected chi connectivity index (χ0v) is 26.2. The van der Waals surface area contributed by atoms with E-state index in [1.165, 1.54) is 5.39 Å². The predicted octanol–water partition coefficient (Wildman–Crippen LogP) is 9.89. The number of imidazole rings is 1. The maximum atomic E-state index is 16.2. The third kappa shape index (κ3) is 3.81. The molecular formula is C43H27N2OP. The molecule has 0 N–H and O–H groups in total. The van der Waals surface area contributed by atoms with Crippen molar-refractivity contribution in [3.05, 3.63) is 164 Å². The molecule has 0 amide bonds. The van der Waals surface area contributed by atoms with E-state index in [-0.39, 0.29) is 0 Å². The van der Waals surface area contributed by atoms with Gasteiger partial charge in [0.15, 0.2) is 7.14 Å². The first-order valence-corrected chi connectivity index (χ1v) is 17.6. The van der Waals surface area contributed by atoms with E-state index < -0.39 is 7.14 Å². The Morgan fingerprint density at radius 3 is 1.79 bits per heavy atom. The zero-order chi connectivity index (χ0) is 31.1. The van der Waals surface area contributed by atoms with Gasteiger partial charge in [0.05, 0.1) is 16.6 Å². The topological polar surface area (TPSA) is 34.4 Å². The van der Waals surface area contributed by atoms with E-state index in [4.69, 9.17) is 4.98 Å². The van der Waals surface area contributed by atoms with Crippen LogP contribution in [-0.4, -0.2) is 9.38 Å². The van der Waals surface area contributed by atoms with Crippen LogP contribution in [0, 0.1) is 0 Å². The molecule has 0 fully saturated rings.